The Morgan fingerprint density at radius 1 is 1.05 bits per heavy atom. The van der Waals surface area contributed by atoms with Crippen molar-refractivity contribution in [3.63, 3.8) is 0 Å². The SMILES string of the molecule is CCCCc1nc(Cl)c(COC(=O)OCCCCO[N+](=O)[O-])n1Cc1ccc(-c2ccccc2-c2nn[nH]n2)cc1. The molecule has 0 spiro atoms. The number of hydrogen-bond donors (Lipinski definition) is 1. The third kappa shape index (κ3) is 8.24. The van der Waals surface area contributed by atoms with Crippen LogP contribution in [0.1, 0.15) is 49.7 Å². The number of nitrogens with one attached hydrogen (secondary N) is 1. The zero-order valence-electron chi connectivity index (χ0n) is 22.5. The van der Waals surface area contributed by atoms with Gasteiger partial charge in [0, 0.05) is 18.5 Å². The summed E-state index contributed by atoms with van der Waals surface area (Å²) in [5, 5.41) is 24.0. The van der Waals surface area contributed by atoms with Gasteiger partial charge in [-0.3, -0.25) is 0 Å². The molecule has 0 saturated carbocycles. The van der Waals surface area contributed by atoms with Crippen LogP contribution < -0.4 is 0 Å². The van der Waals surface area contributed by atoms with Gasteiger partial charge in [0.1, 0.15) is 12.4 Å². The second kappa shape index (κ2) is 14.7. The summed E-state index contributed by atoms with van der Waals surface area (Å²) in [4.78, 5) is 31.1. The van der Waals surface area contributed by atoms with Gasteiger partial charge in [-0.25, -0.2) is 9.78 Å². The van der Waals surface area contributed by atoms with Gasteiger partial charge in [-0.05, 0) is 41.2 Å². The fourth-order valence-corrected chi connectivity index (χ4v) is 4.46. The number of benzene rings is 2. The smallest absolute Gasteiger partial charge is 0.434 e. The Hall–Kier alpha value is -4.52. The predicted octanol–water partition coefficient (Wildman–Crippen LogP) is 5.42. The second-order valence-electron chi connectivity index (χ2n) is 9.08. The van der Waals surface area contributed by atoms with Crippen LogP contribution in [0.5, 0.6) is 0 Å². The molecule has 0 atom stereocenters. The fraction of sp³-hybridized carbons (Fsp3) is 0.370. The maximum absolute atomic E-state index is 12.1. The molecular weight excluding hydrogens is 554 g/mol. The van der Waals surface area contributed by atoms with Crippen LogP contribution in [-0.2, 0) is 33.9 Å². The Morgan fingerprint density at radius 2 is 1.80 bits per heavy atom. The number of carbonyl (C=O) groups is 1. The number of hydrogen-bond acceptors (Lipinski definition) is 10. The summed E-state index contributed by atoms with van der Waals surface area (Å²) in [5.41, 5.74) is 4.43. The zero-order chi connectivity index (χ0) is 29.0. The Bertz CT molecular complexity index is 1430. The molecule has 2 aromatic carbocycles. The normalized spacial score (nSPS) is 10.9. The Balaban J connectivity index is 1.43. The second-order valence-corrected chi connectivity index (χ2v) is 9.44. The molecule has 0 saturated heterocycles. The number of unbranched alkanes of at least 4 members (excludes halogenated alkanes) is 2. The van der Waals surface area contributed by atoms with E-state index < -0.39 is 11.2 Å². The highest BCUT2D eigenvalue weighted by Gasteiger charge is 2.19. The van der Waals surface area contributed by atoms with Gasteiger partial charge in [-0.1, -0.05) is 73.5 Å². The molecule has 41 heavy (non-hydrogen) atoms. The van der Waals surface area contributed by atoms with Crippen molar-refractivity contribution in [2.45, 2.75) is 52.2 Å². The molecule has 0 radical (unpaired) electrons. The van der Waals surface area contributed by atoms with E-state index >= 15 is 0 Å². The van der Waals surface area contributed by atoms with Crippen LogP contribution in [-0.4, -0.2) is 54.6 Å². The van der Waals surface area contributed by atoms with Crippen LogP contribution in [0.15, 0.2) is 48.5 Å². The Morgan fingerprint density at radius 3 is 2.51 bits per heavy atom. The van der Waals surface area contributed by atoms with E-state index in [1.807, 2.05) is 53.1 Å². The summed E-state index contributed by atoms with van der Waals surface area (Å²) < 4.78 is 12.3. The molecule has 1 N–H and O–H groups in total. The number of ether oxygens (including phenoxy) is 2. The molecule has 4 aromatic rings. The molecule has 0 unspecified atom stereocenters. The summed E-state index contributed by atoms with van der Waals surface area (Å²) in [6.45, 7) is 2.46. The number of nitrogens with zero attached hydrogens (tertiary/aromatic N) is 6. The third-order valence-electron chi connectivity index (χ3n) is 6.26. The first-order valence-corrected chi connectivity index (χ1v) is 13.6. The molecule has 216 valence electrons. The maximum Gasteiger partial charge on any atom is 0.508 e. The third-order valence-corrected chi connectivity index (χ3v) is 6.56. The molecule has 13 nitrogen and oxygen atoms in total. The van der Waals surface area contributed by atoms with E-state index in [2.05, 4.69) is 37.4 Å². The van der Waals surface area contributed by atoms with E-state index in [0.29, 0.717) is 30.9 Å². The van der Waals surface area contributed by atoms with Gasteiger partial charge in [0.25, 0.3) is 5.09 Å². The maximum atomic E-state index is 12.1. The molecule has 0 aliphatic heterocycles. The molecule has 2 aromatic heterocycles. The van der Waals surface area contributed by atoms with E-state index in [9.17, 15) is 14.9 Å². The van der Waals surface area contributed by atoms with Crippen molar-refractivity contribution in [2.24, 2.45) is 0 Å². The number of rotatable bonds is 15. The van der Waals surface area contributed by atoms with E-state index in [1.54, 1.807) is 0 Å². The van der Waals surface area contributed by atoms with Crippen molar-refractivity contribution in [3.05, 3.63) is 80.9 Å². The zero-order valence-corrected chi connectivity index (χ0v) is 23.2. The van der Waals surface area contributed by atoms with Gasteiger partial charge in [-0.15, -0.1) is 20.3 Å². The quantitative estimate of drug-likeness (QED) is 0.0828. The number of imidazole rings is 1. The predicted molar refractivity (Wildman–Crippen MR) is 148 cm³/mol. The van der Waals surface area contributed by atoms with E-state index in [0.717, 1.165) is 47.3 Å². The number of aromatic nitrogens is 6. The average molecular weight is 584 g/mol. The Kier molecular flexibility index (Phi) is 10.6. The molecular formula is C27H30ClN7O6. The highest BCUT2D eigenvalue weighted by atomic mass is 35.5. The largest absolute Gasteiger partial charge is 0.508 e. The van der Waals surface area contributed by atoms with Crippen molar-refractivity contribution < 1.29 is 24.2 Å². The average Bonchev–Trinajstić information content (AvgIpc) is 3.61. The Labute approximate surface area is 240 Å². The molecule has 4 rings (SSSR count). The lowest BCUT2D eigenvalue weighted by molar-refractivity contribution is -0.757. The number of aromatic amines is 1. The molecule has 0 aliphatic carbocycles. The standard InChI is InChI=1S/C27H30ClN7O6/c1-2-3-10-24-29-25(28)23(18-40-27(36)39-15-6-7-16-41-35(37)38)34(24)17-19-11-13-20(14-12-19)21-8-4-5-9-22(21)26-30-32-33-31-26/h4-5,8-9,11-14H,2-3,6-7,10,15-18H2,1H3,(H,30,31,32,33). The van der Waals surface area contributed by atoms with Gasteiger partial charge >= 0.3 is 6.16 Å². The monoisotopic (exact) mass is 583 g/mol. The number of halogens is 1. The van der Waals surface area contributed by atoms with Crippen molar-refractivity contribution in [1.82, 2.24) is 30.2 Å². The first kappa shape index (κ1) is 29.5. The lowest BCUT2D eigenvalue weighted by Gasteiger charge is -2.14. The summed E-state index contributed by atoms with van der Waals surface area (Å²) in [7, 11) is 0. The molecule has 2 heterocycles. The van der Waals surface area contributed by atoms with Crippen molar-refractivity contribution in [1.29, 1.82) is 0 Å². The highest BCUT2D eigenvalue weighted by Crippen LogP contribution is 2.30. The van der Waals surface area contributed by atoms with Crippen LogP contribution in [0.4, 0.5) is 4.79 Å². The van der Waals surface area contributed by atoms with Crippen LogP contribution in [0, 0.1) is 10.1 Å². The first-order chi connectivity index (χ1) is 20.0. The lowest BCUT2D eigenvalue weighted by Crippen LogP contribution is -2.14. The number of tetrazole rings is 1. The van der Waals surface area contributed by atoms with Crippen LogP contribution >= 0.6 is 11.6 Å². The van der Waals surface area contributed by atoms with E-state index in [1.165, 1.54) is 0 Å². The summed E-state index contributed by atoms with van der Waals surface area (Å²) in [5.74, 6) is 1.33. The highest BCUT2D eigenvalue weighted by molar-refractivity contribution is 6.30. The topological polar surface area (TPSA) is 160 Å². The fourth-order valence-electron chi connectivity index (χ4n) is 4.20. The van der Waals surface area contributed by atoms with E-state index in [-0.39, 0.29) is 25.0 Å². The summed E-state index contributed by atoms with van der Waals surface area (Å²) in [6, 6.07) is 16.0. The minimum atomic E-state index is -0.859. The van der Waals surface area contributed by atoms with Crippen molar-refractivity contribution in [3.8, 4) is 22.5 Å². The minimum absolute atomic E-state index is 0.0524. The van der Waals surface area contributed by atoms with Gasteiger partial charge in [0.15, 0.2) is 5.15 Å². The summed E-state index contributed by atoms with van der Waals surface area (Å²) >= 11 is 6.48. The van der Waals surface area contributed by atoms with E-state index in [4.69, 9.17) is 21.1 Å². The van der Waals surface area contributed by atoms with Gasteiger partial charge < -0.3 is 18.9 Å². The van der Waals surface area contributed by atoms with Crippen LogP contribution in [0.25, 0.3) is 22.5 Å². The van der Waals surface area contributed by atoms with Gasteiger partial charge in [0.2, 0.25) is 5.82 Å². The van der Waals surface area contributed by atoms with Crippen molar-refractivity contribution >= 4 is 17.8 Å². The van der Waals surface area contributed by atoms with Crippen LogP contribution in [0.2, 0.25) is 5.15 Å². The van der Waals surface area contributed by atoms with Crippen molar-refractivity contribution in [2.75, 3.05) is 13.2 Å². The number of aryl methyl sites for hydroxylation is 1. The molecule has 0 amide bonds. The lowest BCUT2D eigenvalue weighted by atomic mass is 9.98. The molecule has 14 heteroatoms. The number of carbonyl (C=O) groups excluding carboxylic acids is 1. The van der Waals surface area contributed by atoms with Gasteiger partial charge in [-0.2, -0.15) is 5.21 Å². The molecule has 0 fully saturated rings. The molecule has 0 aliphatic rings. The summed E-state index contributed by atoms with van der Waals surface area (Å²) in [6.07, 6.45) is 2.56. The van der Waals surface area contributed by atoms with Gasteiger partial charge in [0.05, 0.1) is 18.9 Å². The van der Waals surface area contributed by atoms with Crippen LogP contribution in [0.3, 0.4) is 0 Å². The minimum Gasteiger partial charge on any atom is -0.434 e. The number of H-pyrrole nitrogens is 1. The molecule has 0 bridgehead atoms. The first-order valence-electron chi connectivity index (χ1n) is 13.2.